The van der Waals surface area contributed by atoms with E-state index in [0.717, 1.165) is 83.5 Å². The second kappa shape index (κ2) is 37.8. The molecule has 0 bridgehead atoms. The molecule has 7 unspecified atom stereocenters. The molecule has 2 rings (SSSR count). The Bertz CT molecular complexity index is 1740. The highest BCUT2D eigenvalue weighted by Gasteiger charge is 2.54. The zero-order chi connectivity index (χ0) is 51.5. The molecule has 0 spiro atoms. The summed E-state index contributed by atoms with van der Waals surface area (Å²) in [6, 6.07) is 0. The van der Waals surface area contributed by atoms with Gasteiger partial charge in [-0.2, -0.15) is 0 Å². The maximum atomic E-state index is 13.0. The van der Waals surface area contributed by atoms with E-state index in [1.807, 2.05) is 12.2 Å². The largest absolute Gasteiger partial charge is 0.472 e. The van der Waals surface area contributed by atoms with E-state index in [4.69, 9.17) is 23.3 Å². The van der Waals surface area contributed by atoms with Crippen LogP contribution in [0.4, 0.5) is 0 Å². The van der Waals surface area contributed by atoms with Crippen molar-refractivity contribution in [1.82, 2.24) is 0 Å². The van der Waals surface area contributed by atoms with Gasteiger partial charge in [0.25, 0.3) is 0 Å². The lowest BCUT2D eigenvalue weighted by Gasteiger charge is -2.43. The smallest absolute Gasteiger partial charge is 0.462 e. The number of hydrogen-bond donors (Lipinski definition) is 7. The molecule has 0 amide bonds. The molecule has 0 aromatic carbocycles. The third-order valence-corrected chi connectivity index (χ3v) is 12.9. The third kappa shape index (κ3) is 30.9. The SMILES string of the molecule is CC/C=C\C/C=C\C/C=C\C/C=C\CCCCCCCCC(=O)OC[C@H](COP(=O)(O)O[C@H]1C(O)C(O)C(O)[C@@H](OP(=O)(O)O)C1O)OC(=O)CCC/C=C\C/C=C\CC1OC1C/C=C\CCCCC. The zero-order valence-electron chi connectivity index (χ0n) is 41.4. The van der Waals surface area contributed by atoms with E-state index in [9.17, 15) is 53.8 Å². The van der Waals surface area contributed by atoms with Crippen LogP contribution in [0, 0.1) is 0 Å². The Balaban J connectivity index is 1.80. The molecule has 70 heavy (non-hydrogen) atoms. The topological polar surface area (TPSA) is 269 Å². The molecule has 7 N–H and O–H groups in total. The van der Waals surface area contributed by atoms with Gasteiger partial charge in [-0.05, 0) is 89.9 Å². The molecule has 1 saturated carbocycles. The van der Waals surface area contributed by atoms with Gasteiger partial charge in [0.2, 0.25) is 0 Å². The monoisotopic (exact) mass is 1030 g/mol. The summed E-state index contributed by atoms with van der Waals surface area (Å²) in [6.07, 6.45) is 34.2. The molecule has 1 aliphatic carbocycles. The van der Waals surface area contributed by atoms with Gasteiger partial charge in [0, 0.05) is 12.8 Å². The van der Waals surface area contributed by atoms with Crippen LogP contribution < -0.4 is 0 Å². The van der Waals surface area contributed by atoms with Crippen molar-refractivity contribution in [2.45, 2.75) is 210 Å². The molecule has 1 aliphatic heterocycles. The maximum Gasteiger partial charge on any atom is 0.472 e. The van der Waals surface area contributed by atoms with E-state index in [1.165, 1.54) is 19.3 Å². The number of phosphoric acid groups is 2. The summed E-state index contributed by atoms with van der Waals surface area (Å²) in [5.41, 5.74) is 0. The lowest BCUT2D eigenvalue weighted by molar-refractivity contribution is -0.216. The lowest BCUT2D eigenvalue weighted by Crippen LogP contribution is -2.64. The van der Waals surface area contributed by atoms with Gasteiger partial charge < -0.3 is 49.3 Å². The Morgan fingerprint density at radius 1 is 0.529 bits per heavy atom. The number of carbonyl (C=O) groups is 2. The van der Waals surface area contributed by atoms with Crippen molar-refractivity contribution in [3.05, 3.63) is 85.1 Å². The predicted octanol–water partition coefficient (Wildman–Crippen LogP) is 9.16. The number of epoxide rings is 1. The molecule has 10 atom stereocenters. The van der Waals surface area contributed by atoms with Gasteiger partial charge in [-0.1, -0.05) is 137 Å². The minimum atomic E-state index is -5.38. The molecule has 1 heterocycles. The zero-order valence-corrected chi connectivity index (χ0v) is 43.1. The highest BCUT2D eigenvalue weighted by molar-refractivity contribution is 7.47. The second-order valence-corrected chi connectivity index (χ2v) is 20.1. The van der Waals surface area contributed by atoms with Crippen LogP contribution in [-0.2, 0) is 46.5 Å². The number of ether oxygens (including phenoxy) is 3. The Kier molecular flexibility index (Phi) is 34.2. The predicted molar refractivity (Wildman–Crippen MR) is 268 cm³/mol. The molecule has 0 aromatic rings. The summed E-state index contributed by atoms with van der Waals surface area (Å²) in [5, 5.41) is 41.3. The summed E-state index contributed by atoms with van der Waals surface area (Å²) in [7, 11) is -10.7. The van der Waals surface area contributed by atoms with Crippen LogP contribution >= 0.6 is 15.6 Å². The molecule has 2 aliphatic rings. The summed E-state index contributed by atoms with van der Waals surface area (Å²) in [6.45, 7) is 2.90. The minimum Gasteiger partial charge on any atom is -0.462 e. The molecule has 17 nitrogen and oxygen atoms in total. The van der Waals surface area contributed by atoms with Gasteiger partial charge in [-0.3, -0.25) is 23.2 Å². The van der Waals surface area contributed by atoms with Crippen molar-refractivity contribution in [3.8, 4) is 0 Å². The van der Waals surface area contributed by atoms with E-state index >= 15 is 0 Å². The van der Waals surface area contributed by atoms with Gasteiger partial charge in [0.15, 0.2) is 6.10 Å². The summed E-state index contributed by atoms with van der Waals surface area (Å²) in [4.78, 5) is 54.4. The normalized spacial score (nSPS) is 24.6. The minimum absolute atomic E-state index is 0.0452. The number of esters is 2. The van der Waals surface area contributed by atoms with Crippen molar-refractivity contribution >= 4 is 27.6 Å². The van der Waals surface area contributed by atoms with Crippen LogP contribution in [0.25, 0.3) is 0 Å². The van der Waals surface area contributed by atoms with Crippen LogP contribution in [0.15, 0.2) is 85.1 Å². The molecular weight excluding hydrogens is 946 g/mol. The Labute approximate surface area is 416 Å². The first-order chi connectivity index (χ1) is 33.6. The van der Waals surface area contributed by atoms with Gasteiger partial charge in [0.1, 0.15) is 43.2 Å². The lowest BCUT2D eigenvalue weighted by atomic mass is 9.85. The van der Waals surface area contributed by atoms with Gasteiger partial charge in [0.05, 0.1) is 18.8 Å². The van der Waals surface area contributed by atoms with Crippen LogP contribution in [-0.4, -0.2) is 115 Å². The first-order valence-electron chi connectivity index (χ1n) is 25.3. The number of carbonyl (C=O) groups excluding carboxylic acids is 2. The summed E-state index contributed by atoms with van der Waals surface area (Å²) >= 11 is 0. The van der Waals surface area contributed by atoms with Gasteiger partial charge in [-0.15, -0.1) is 0 Å². The standard InChI is InChI=1S/C51H84O17P2/c1-3-5-7-9-11-12-13-14-15-16-17-18-19-20-21-22-25-29-33-37-44(52)63-39-41(40-64-70(61,62)68-51-48(56)46(54)47(55)50(49(51)57)67-69(58,59)60)65-45(53)38-34-30-26-23-24-28-32-36-43-42(66-43)35-31-27-10-8-6-4-2/h5,7,11-12,14-15,17-18,23,26-28,31-32,41-43,46-51,54-57H,3-4,6,8-10,13,16,19-22,24-25,29-30,33-40H2,1-2H3,(H,61,62)(H2,58,59,60)/b7-5-,12-11-,15-14-,18-17-,26-23-,31-27-,32-28-/t41-,42?,43?,46?,47?,48?,49?,50-,51+/m1/s1. The number of rotatable bonds is 40. The van der Waals surface area contributed by atoms with E-state index in [2.05, 4.69) is 91.3 Å². The Morgan fingerprint density at radius 3 is 1.59 bits per heavy atom. The van der Waals surface area contributed by atoms with Crippen molar-refractivity contribution in [3.63, 3.8) is 0 Å². The number of aliphatic hydroxyl groups excluding tert-OH is 4. The molecule has 2 fully saturated rings. The number of hydrogen-bond acceptors (Lipinski definition) is 14. The van der Waals surface area contributed by atoms with E-state index in [0.29, 0.717) is 25.7 Å². The molecular formula is C51H84O17P2. The highest BCUT2D eigenvalue weighted by Crippen LogP contribution is 2.49. The van der Waals surface area contributed by atoms with Gasteiger partial charge in [-0.25, -0.2) is 9.13 Å². The number of aliphatic hydroxyl groups is 4. The van der Waals surface area contributed by atoms with Crippen molar-refractivity contribution < 1.29 is 81.6 Å². The van der Waals surface area contributed by atoms with Crippen LogP contribution in [0.5, 0.6) is 0 Å². The third-order valence-electron chi connectivity index (χ3n) is 11.4. The van der Waals surface area contributed by atoms with Crippen LogP contribution in [0.3, 0.4) is 0 Å². The second-order valence-electron chi connectivity index (χ2n) is 17.5. The summed E-state index contributed by atoms with van der Waals surface area (Å²) in [5.74, 6) is -1.30. The van der Waals surface area contributed by atoms with Crippen LogP contribution in [0.1, 0.15) is 155 Å². The molecule has 400 valence electrons. The quantitative estimate of drug-likeness (QED) is 0.00991. The Morgan fingerprint density at radius 2 is 1.00 bits per heavy atom. The van der Waals surface area contributed by atoms with Gasteiger partial charge >= 0.3 is 27.6 Å². The fourth-order valence-electron chi connectivity index (χ4n) is 7.34. The maximum absolute atomic E-state index is 13.0. The first kappa shape index (κ1) is 63.3. The molecule has 0 radical (unpaired) electrons. The van der Waals surface area contributed by atoms with E-state index < -0.39 is 83.5 Å². The first-order valence-corrected chi connectivity index (χ1v) is 28.3. The van der Waals surface area contributed by atoms with Crippen LogP contribution in [0.2, 0.25) is 0 Å². The van der Waals surface area contributed by atoms with E-state index in [-0.39, 0.29) is 25.0 Å². The number of unbranched alkanes of at least 4 members (excludes halogenated alkanes) is 10. The van der Waals surface area contributed by atoms with Crippen molar-refractivity contribution in [1.29, 1.82) is 0 Å². The molecule has 19 heteroatoms. The van der Waals surface area contributed by atoms with E-state index in [1.54, 1.807) is 0 Å². The number of allylic oxidation sites excluding steroid dienone is 12. The Hall–Kier alpha value is -2.86. The molecule has 1 saturated heterocycles. The van der Waals surface area contributed by atoms with Crippen molar-refractivity contribution in [2.75, 3.05) is 13.2 Å². The average Bonchev–Trinajstić information content (AvgIpc) is 4.08. The fraction of sp³-hybridized carbons (Fsp3) is 0.686. The average molecular weight is 1030 g/mol. The molecule has 0 aromatic heterocycles. The highest BCUT2D eigenvalue weighted by atomic mass is 31.2. The van der Waals surface area contributed by atoms with Crippen molar-refractivity contribution in [2.24, 2.45) is 0 Å². The fourth-order valence-corrected chi connectivity index (χ4v) is 8.88. The summed E-state index contributed by atoms with van der Waals surface area (Å²) < 4.78 is 55.2. The number of phosphoric ester groups is 2.